The maximum atomic E-state index is 13.8. The minimum atomic E-state index is -4.17. The molecule has 1 aliphatic rings. The number of hydrogen-bond donors (Lipinski definition) is 1. The number of nitrogens with one attached hydrogen (secondary N) is 1. The maximum absolute atomic E-state index is 13.8. The largest absolute Gasteiger partial charge is 0.494 e. The van der Waals surface area contributed by atoms with Gasteiger partial charge in [0.15, 0.2) is 11.5 Å². The summed E-state index contributed by atoms with van der Waals surface area (Å²) in [5, 5.41) is 2.79. The highest BCUT2D eigenvalue weighted by molar-refractivity contribution is 7.92. The molecule has 0 radical (unpaired) electrons. The summed E-state index contributed by atoms with van der Waals surface area (Å²) in [6, 6.07) is 17.9. The van der Waals surface area contributed by atoms with Crippen molar-refractivity contribution in [1.29, 1.82) is 0 Å². The van der Waals surface area contributed by atoms with Gasteiger partial charge in [0.2, 0.25) is 5.91 Å². The first-order valence-corrected chi connectivity index (χ1v) is 14.3. The van der Waals surface area contributed by atoms with Crippen LogP contribution < -0.4 is 28.6 Å². The molecule has 1 amide bonds. The molecule has 0 atom stereocenters. The lowest BCUT2D eigenvalue weighted by Crippen LogP contribution is -2.38. The summed E-state index contributed by atoms with van der Waals surface area (Å²) in [6.07, 6.45) is 4.68. The molecule has 1 fully saturated rings. The molecule has 1 N–H and O–H groups in total. The Morgan fingerprint density at radius 2 is 1.54 bits per heavy atom. The average molecular weight is 555 g/mol. The first-order valence-electron chi connectivity index (χ1n) is 12.9. The van der Waals surface area contributed by atoms with Gasteiger partial charge in [0.05, 0.1) is 37.5 Å². The fourth-order valence-corrected chi connectivity index (χ4v) is 5.88. The van der Waals surface area contributed by atoms with E-state index >= 15 is 0 Å². The predicted molar refractivity (Wildman–Crippen MR) is 150 cm³/mol. The summed E-state index contributed by atoms with van der Waals surface area (Å²) < 4.78 is 50.7. The van der Waals surface area contributed by atoms with Crippen LogP contribution in [0.3, 0.4) is 0 Å². The highest BCUT2D eigenvalue weighted by Gasteiger charge is 2.28. The van der Waals surface area contributed by atoms with Gasteiger partial charge in [-0.3, -0.25) is 9.10 Å². The third-order valence-corrected chi connectivity index (χ3v) is 8.18. The molecule has 0 saturated heterocycles. The van der Waals surface area contributed by atoms with E-state index in [1.165, 1.54) is 45.3 Å². The van der Waals surface area contributed by atoms with Crippen LogP contribution in [0.2, 0.25) is 0 Å². The molecular weight excluding hydrogens is 520 g/mol. The smallest absolute Gasteiger partial charge is 0.264 e. The van der Waals surface area contributed by atoms with E-state index in [0.717, 1.165) is 22.9 Å². The van der Waals surface area contributed by atoms with Crippen LogP contribution in [0.15, 0.2) is 71.6 Å². The number of rotatable bonds is 12. The lowest BCUT2D eigenvalue weighted by atomic mass is 10.2. The van der Waals surface area contributed by atoms with Crippen LogP contribution in [-0.2, 0) is 14.8 Å². The third kappa shape index (κ3) is 6.94. The summed E-state index contributed by atoms with van der Waals surface area (Å²) in [5.74, 6) is 1.48. The number of hydrogen-bond acceptors (Lipinski definition) is 7. The topological polar surface area (TPSA) is 103 Å². The van der Waals surface area contributed by atoms with E-state index in [2.05, 4.69) is 5.32 Å². The van der Waals surface area contributed by atoms with Crippen LogP contribution in [0.25, 0.3) is 0 Å². The Bertz CT molecular complexity index is 1350. The zero-order valence-corrected chi connectivity index (χ0v) is 23.2. The number of sulfonamides is 1. The molecule has 0 aromatic heterocycles. The number of nitrogens with zero attached hydrogens (tertiary/aromatic N) is 1. The molecule has 0 heterocycles. The number of ether oxygens (including phenoxy) is 4. The fourth-order valence-electron chi connectivity index (χ4n) is 4.44. The maximum Gasteiger partial charge on any atom is 0.264 e. The normalized spacial score (nSPS) is 13.5. The van der Waals surface area contributed by atoms with Crippen molar-refractivity contribution in [1.82, 2.24) is 0 Å². The number of carbonyl (C=O) groups is 1. The van der Waals surface area contributed by atoms with Crippen LogP contribution >= 0.6 is 0 Å². The van der Waals surface area contributed by atoms with Crippen molar-refractivity contribution >= 4 is 27.3 Å². The van der Waals surface area contributed by atoms with Gasteiger partial charge in [-0.2, -0.15) is 0 Å². The van der Waals surface area contributed by atoms with Gasteiger partial charge in [-0.25, -0.2) is 8.42 Å². The first-order chi connectivity index (χ1) is 18.8. The highest BCUT2D eigenvalue weighted by Crippen LogP contribution is 2.33. The van der Waals surface area contributed by atoms with Gasteiger partial charge < -0.3 is 24.3 Å². The average Bonchev–Trinajstić information content (AvgIpc) is 3.46. The molecule has 3 aromatic carbocycles. The molecule has 10 heteroatoms. The number of anilines is 2. The van der Waals surface area contributed by atoms with Gasteiger partial charge >= 0.3 is 0 Å². The number of benzene rings is 3. The number of amides is 1. The van der Waals surface area contributed by atoms with Gasteiger partial charge in [0.1, 0.15) is 18.0 Å². The molecule has 9 nitrogen and oxygen atoms in total. The SMILES string of the molecule is CCOc1ccc(N(CC(=O)Nc2ccc(OC3CCCC3)cc2)S(=O)(=O)c2ccc(OC)c(OC)c2)cc1. The van der Waals surface area contributed by atoms with Crippen molar-refractivity contribution in [2.75, 3.05) is 37.0 Å². The molecule has 0 unspecified atom stereocenters. The summed E-state index contributed by atoms with van der Waals surface area (Å²) in [4.78, 5) is 13.1. The Kier molecular flexibility index (Phi) is 9.19. The van der Waals surface area contributed by atoms with Crippen LogP contribution in [-0.4, -0.2) is 47.8 Å². The van der Waals surface area contributed by atoms with Crippen LogP contribution in [0.4, 0.5) is 11.4 Å². The fraction of sp³-hybridized carbons (Fsp3) is 0.345. The third-order valence-electron chi connectivity index (χ3n) is 6.41. The van der Waals surface area contributed by atoms with Crippen LogP contribution in [0, 0.1) is 0 Å². The molecule has 1 aliphatic carbocycles. The van der Waals surface area contributed by atoms with Crippen LogP contribution in [0.5, 0.6) is 23.0 Å². The van der Waals surface area contributed by atoms with E-state index in [-0.39, 0.29) is 16.7 Å². The van der Waals surface area contributed by atoms with E-state index in [1.807, 2.05) is 6.92 Å². The zero-order chi connectivity index (χ0) is 27.8. The number of methoxy groups -OCH3 is 2. The predicted octanol–water partition coefficient (Wildman–Crippen LogP) is 5.26. The van der Waals surface area contributed by atoms with Crippen molar-refractivity contribution in [2.24, 2.45) is 0 Å². The molecule has 1 saturated carbocycles. The van der Waals surface area contributed by atoms with E-state index in [4.69, 9.17) is 18.9 Å². The summed E-state index contributed by atoms with van der Waals surface area (Å²) in [5.41, 5.74) is 0.845. The highest BCUT2D eigenvalue weighted by atomic mass is 32.2. The van der Waals surface area contributed by atoms with Crippen molar-refractivity contribution in [3.63, 3.8) is 0 Å². The standard InChI is InChI=1S/C29H34N2O7S/c1-4-37-23-15-11-22(12-16-23)31(39(33,34)26-17-18-27(35-2)28(19-26)36-3)20-29(32)30-21-9-13-25(14-10-21)38-24-7-5-6-8-24/h9-19,24H,4-8,20H2,1-3H3,(H,30,32). The molecule has 0 spiro atoms. The van der Waals surface area contributed by atoms with Gasteiger partial charge in [0.25, 0.3) is 10.0 Å². The number of carbonyl (C=O) groups excluding carboxylic acids is 1. The van der Waals surface area contributed by atoms with Crippen molar-refractivity contribution in [3.05, 3.63) is 66.7 Å². The zero-order valence-electron chi connectivity index (χ0n) is 22.4. The molecular formula is C29H34N2O7S. The Hall–Kier alpha value is -3.92. The van der Waals surface area contributed by atoms with Crippen molar-refractivity contribution in [3.8, 4) is 23.0 Å². The lowest BCUT2D eigenvalue weighted by Gasteiger charge is -2.25. The van der Waals surface area contributed by atoms with Crippen LogP contribution in [0.1, 0.15) is 32.6 Å². The Balaban J connectivity index is 1.56. The van der Waals surface area contributed by atoms with E-state index in [1.54, 1.807) is 48.5 Å². The van der Waals surface area contributed by atoms with Crippen molar-refractivity contribution in [2.45, 2.75) is 43.6 Å². The van der Waals surface area contributed by atoms with E-state index in [0.29, 0.717) is 29.5 Å². The second-order valence-corrected chi connectivity index (χ2v) is 10.9. The second kappa shape index (κ2) is 12.8. The lowest BCUT2D eigenvalue weighted by molar-refractivity contribution is -0.114. The molecule has 39 heavy (non-hydrogen) atoms. The second-order valence-electron chi connectivity index (χ2n) is 9.05. The summed E-state index contributed by atoms with van der Waals surface area (Å²) in [7, 11) is -1.27. The van der Waals surface area contributed by atoms with Gasteiger partial charge in [-0.05, 0) is 93.3 Å². The molecule has 0 aliphatic heterocycles. The van der Waals surface area contributed by atoms with E-state index < -0.39 is 22.5 Å². The van der Waals surface area contributed by atoms with Gasteiger partial charge in [0, 0.05) is 11.8 Å². The minimum Gasteiger partial charge on any atom is -0.494 e. The molecule has 208 valence electrons. The molecule has 4 rings (SSSR count). The Morgan fingerprint density at radius 3 is 2.15 bits per heavy atom. The summed E-state index contributed by atoms with van der Waals surface area (Å²) >= 11 is 0. The summed E-state index contributed by atoms with van der Waals surface area (Å²) in [6.45, 7) is 1.88. The Labute approximate surface area is 229 Å². The Morgan fingerprint density at radius 1 is 0.897 bits per heavy atom. The first kappa shape index (κ1) is 28.1. The minimum absolute atomic E-state index is 0.0461. The quantitative estimate of drug-likeness (QED) is 0.326. The van der Waals surface area contributed by atoms with Gasteiger partial charge in [-0.1, -0.05) is 0 Å². The van der Waals surface area contributed by atoms with E-state index in [9.17, 15) is 13.2 Å². The van der Waals surface area contributed by atoms with Crippen molar-refractivity contribution < 1.29 is 32.2 Å². The molecule has 0 bridgehead atoms. The monoisotopic (exact) mass is 554 g/mol. The molecule has 3 aromatic rings. The van der Waals surface area contributed by atoms with Gasteiger partial charge in [-0.15, -0.1) is 0 Å².